The first-order valence-corrected chi connectivity index (χ1v) is 8.56. The number of rotatable bonds is 5. The van der Waals surface area contributed by atoms with Crippen molar-refractivity contribution in [2.75, 3.05) is 7.05 Å². The van der Waals surface area contributed by atoms with Gasteiger partial charge in [-0.1, -0.05) is 24.3 Å². The highest BCUT2D eigenvalue weighted by Gasteiger charge is 2.24. The minimum absolute atomic E-state index is 0.642. The van der Waals surface area contributed by atoms with Crippen molar-refractivity contribution in [2.45, 2.75) is 38.1 Å². The molecule has 20 heavy (non-hydrogen) atoms. The molecule has 2 heteroatoms. The Kier molecular flexibility index (Phi) is 4.54. The molecule has 3 rings (SSSR count). The maximum absolute atomic E-state index is 3.57. The van der Waals surface area contributed by atoms with Crippen molar-refractivity contribution in [1.82, 2.24) is 5.32 Å². The fraction of sp³-hybridized carbons (Fsp3) is 0.444. The van der Waals surface area contributed by atoms with Crippen molar-refractivity contribution in [2.24, 2.45) is 5.92 Å². The molecule has 2 aromatic rings. The molecule has 0 saturated carbocycles. The predicted octanol–water partition coefficient (Wildman–Crippen LogP) is 4.07. The molecule has 0 aliphatic heterocycles. The van der Waals surface area contributed by atoms with Gasteiger partial charge in [0.2, 0.25) is 0 Å². The van der Waals surface area contributed by atoms with Crippen LogP contribution in [0.3, 0.4) is 0 Å². The maximum Gasteiger partial charge on any atom is 0.00987 e. The molecule has 2 unspecified atom stereocenters. The Morgan fingerprint density at radius 3 is 2.85 bits per heavy atom. The molecule has 1 aromatic heterocycles. The Hall–Kier alpha value is -1.12. The van der Waals surface area contributed by atoms with Gasteiger partial charge in [0.25, 0.3) is 0 Å². The average molecular weight is 285 g/mol. The van der Waals surface area contributed by atoms with E-state index in [1.54, 1.807) is 22.5 Å². The van der Waals surface area contributed by atoms with Gasteiger partial charge in [-0.15, -0.1) is 0 Å². The van der Waals surface area contributed by atoms with E-state index in [-0.39, 0.29) is 0 Å². The van der Waals surface area contributed by atoms with E-state index in [1.807, 2.05) is 0 Å². The van der Waals surface area contributed by atoms with Gasteiger partial charge >= 0.3 is 0 Å². The summed E-state index contributed by atoms with van der Waals surface area (Å²) in [5, 5.41) is 8.03. The first-order chi connectivity index (χ1) is 9.86. The standard InChI is InChI=1S/C18H23NS/c1-19-18(9-6-14-10-11-20-13-14)17-8-7-15-4-2-3-5-16(15)12-17/h2-5,10-11,13,17-19H,6-9,12H2,1H3. The van der Waals surface area contributed by atoms with Crippen LogP contribution in [-0.2, 0) is 19.3 Å². The minimum atomic E-state index is 0.642. The fourth-order valence-corrected chi connectivity index (χ4v) is 4.15. The molecule has 2 atom stereocenters. The van der Waals surface area contributed by atoms with Crippen molar-refractivity contribution in [3.63, 3.8) is 0 Å². The highest BCUT2D eigenvalue weighted by molar-refractivity contribution is 7.07. The molecule has 1 aromatic carbocycles. The molecule has 0 spiro atoms. The lowest BCUT2D eigenvalue weighted by Gasteiger charge is -2.31. The Bertz CT molecular complexity index is 532. The van der Waals surface area contributed by atoms with E-state index in [0.717, 1.165) is 5.92 Å². The predicted molar refractivity (Wildman–Crippen MR) is 87.4 cm³/mol. The van der Waals surface area contributed by atoms with Crippen LogP contribution in [0.5, 0.6) is 0 Å². The van der Waals surface area contributed by atoms with Gasteiger partial charge < -0.3 is 5.32 Å². The van der Waals surface area contributed by atoms with Crippen molar-refractivity contribution in [3.05, 3.63) is 57.8 Å². The molecule has 0 fully saturated rings. The third-order valence-corrected chi connectivity index (χ3v) is 5.38. The zero-order valence-corrected chi connectivity index (χ0v) is 13.0. The van der Waals surface area contributed by atoms with Crippen LogP contribution in [0.25, 0.3) is 0 Å². The summed E-state index contributed by atoms with van der Waals surface area (Å²) in [5.41, 5.74) is 4.63. The van der Waals surface area contributed by atoms with Gasteiger partial charge in [-0.05, 0) is 78.6 Å². The summed E-state index contributed by atoms with van der Waals surface area (Å²) in [4.78, 5) is 0. The Morgan fingerprint density at radius 2 is 2.10 bits per heavy atom. The average Bonchev–Trinajstić information content (AvgIpc) is 3.01. The summed E-state index contributed by atoms with van der Waals surface area (Å²) in [7, 11) is 2.12. The minimum Gasteiger partial charge on any atom is -0.317 e. The van der Waals surface area contributed by atoms with Crippen LogP contribution in [0.1, 0.15) is 29.5 Å². The monoisotopic (exact) mass is 285 g/mol. The molecule has 0 amide bonds. The second kappa shape index (κ2) is 6.55. The van der Waals surface area contributed by atoms with Gasteiger partial charge in [0.05, 0.1) is 0 Å². The summed E-state index contributed by atoms with van der Waals surface area (Å²) < 4.78 is 0. The quantitative estimate of drug-likeness (QED) is 0.873. The van der Waals surface area contributed by atoms with Crippen LogP contribution < -0.4 is 5.32 Å². The Balaban J connectivity index is 1.62. The van der Waals surface area contributed by atoms with Crippen molar-refractivity contribution >= 4 is 11.3 Å². The molecule has 1 aliphatic carbocycles. The first kappa shape index (κ1) is 13.8. The van der Waals surface area contributed by atoms with E-state index >= 15 is 0 Å². The van der Waals surface area contributed by atoms with Gasteiger partial charge in [0, 0.05) is 6.04 Å². The van der Waals surface area contributed by atoms with E-state index in [2.05, 4.69) is 53.5 Å². The molecule has 1 nitrogen and oxygen atoms in total. The summed E-state index contributed by atoms with van der Waals surface area (Å²) in [5.74, 6) is 0.786. The molecule has 1 aliphatic rings. The molecule has 0 bridgehead atoms. The third-order valence-electron chi connectivity index (χ3n) is 4.65. The van der Waals surface area contributed by atoms with Crippen molar-refractivity contribution in [3.8, 4) is 0 Å². The number of fused-ring (bicyclic) bond motifs is 1. The second-order valence-electron chi connectivity index (χ2n) is 5.84. The van der Waals surface area contributed by atoms with Gasteiger partial charge in [-0.25, -0.2) is 0 Å². The fourth-order valence-electron chi connectivity index (χ4n) is 3.44. The molecular formula is C18H23NS. The Morgan fingerprint density at radius 1 is 1.25 bits per heavy atom. The number of hydrogen-bond acceptors (Lipinski definition) is 2. The lowest BCUT2D eigenvalue weighted by atomic mass is 9.78. The summed E-state index contributed by atoms with van der Waals surface area (Å²) in [6.45, 7) is 0. The molecule has 0 radical (unpaired) electrons. The van der Waals surface area contributed by atoms with Crippen LogP contribution in [0.2, 0.25) is 0 Å². The van der Waals surface area contributed by atoms with Gasteiger partial charge in [-0.3, -0.25) is 0 Å². The number of aryl methyl sites for hydroxylation is 2. The third kappa shape index (κ3) is 3.13. The van der Waals surface area contributed by atoms with Crippen LogP contribution >= 0.6 is 11.3 Å². The lowest BCUT2D eigenvalue weighted by molar-refractivity contribution is 0.320. The number of nitrogens with one attached hydrogen (secondary N) is 1. The van der Waals surface area contributed by atoms with Crippen LogP contribution in [0.4, 0.5) is 0 Å². The Labute approximate surface area is 126 Å². The SMILES string of the molecule is CNC(CCc1ccsc1)C1CCc2ccccc2C1. The molecule has 106 valence electrons. The topological polar surface area (TPSA) is 12.0 Å². The van der Waals surface area contributed by atoms with E-state index in [4.69, 9.17) is 0 Å². The summed E-state index contributed by atoms with van der Waals surface area (Å²) in [6, 6.07) is 11.9. The van der Waals surface area contributed by atoms with Crippen molar-refractivity contribution < 1.29 is 0 Å². The van der Waals surface area contributed by atoms with E-state index < -0.39 is 0 Å². The van der Waals surface area contributed by atoms with Crippen molar-refractivity contribution in [1.29, 1.82) is 0 Å². The number of benzene rings is 1. The van der Waals surface area contributed by atoms with Crippen LogP contribution in [0.15, 0.2) is 41.1 Å². The molecule has 1 heterocycles. The maximum atomic E-state index is 3.57. The number of thiophene rings is 1. The zero-order chi connectivity index (χ0) is 13.8. The van der Waals surface area contributed by atoms with Crippen LogP contribution in [0, 0.1) is 5.92 Å². The van der Waals surface area contributed by atoms with Gasteiger partial charge in [0.1, 0.15) is 0 Å². The first-order valence-electron chi connectivity index (χ1n) is 7.62. The largest absolute Gasteiger partial charge is 0.317 e. The highest BCUT2D eigenvalue weighted by Crippen LogP contribution is 2.29. The van der Waals surface area contributed by atoms with Gasteiger partial charge in [-0.2, -0.15) is 11.3 Å². The lowest BCUT2D eigenvalue weighted by Crippen LogP contribution is -2.37. The molecule has 0 saturated heterocycles. The summed E-state index contributed by atoms with van der Waals surface area (Å²) >= 11 is 1.80. The number of hydrogen-bond donors (Lipinski definition) is 1. The smallest absolute Gasteiger partial charge is 0.00987 e. The highest BCUT2D eigenvalue weighted by atomic mass is 32.1. The molecule has 1 N–H and O–H groups in total. The second-order valence-corrected chi connectivity index (χ2v) is 6.62. The normalized spacial score (nSPS) is 19.6. The van der Waals surface area contributed by atoms with E-state index in [9.17, 15) is 0 Å². The molecular weight excluding hydrogens is 262 g/mol. The van der Waals surface area contributed by atoms with Crippen LogP contribution in [-0.4, -0.2) is 13.1 Å². The van der Waals surface area contributed by atoms with Gasteiger partial charge in [0.15, 0.2) is 0 Å². The van der Waals surface area contributed by atoms with E-state index in [1.165, 1.54) is 37.7 Å². The van der Waals surface area contributed by atoms with E-state index in [0.29, 0.717) is 6.04 Å². The summed E-state index contributed by atoms with van der Waals surface area (Å²) in [6.07, 6.45) is 6.27. The zero-order valence-electron chi connectivity index (χ0n) is 12.1.